The summed E-state index contributed by atoms with van der Waals surface area (Å²) in [5.41, 5.74) is 3.14. The van der Waals surface area contributed by atoms with Crippen LogP contribution in [0, 0.1) is 17.8 Å². The Kier molecular flexibility index (Phi) is 5.47. The number of benzene rings is 2. The third kappa shape index (κ3) is 4.73. The highest BCUT2D eigenvalue weighted by molar-refractivity contribution is 5.76. The molecule has 0 radical (unpaired) electrons. The summed E-state index contributed by atoms with van der Waals surface area (Å²) in [7, 11) is 0. The standard InChI is InChI=1S/C23H28O3/c1-16-20(21(16)22(24)26-23(2,3)4)15-25-14-17-10-12-19(13-11-17)18-8-6-5-7-9-18/h5-13,16,20-21H,14-15H2,1-4H3. The van der Waals surface area contributed by atoms with Crippen LogP contribution in [-0.2, 0) is 20.9 Å². The molecule has 3 unspecified atom stereocenters. The van der Waals surface area contributed by atoms with Crippen molar-refractivity contribution in [3.05, 3.63) is 60.2 Å². The highest BCUT2D eigenvalue weighted by Crippen LogP contribution is 2.47. The van der Waals surface area contributed by atoms with Crippen molar-refractivity contribution in [2.24, 2.45) is 17.8 Å². The number of carbonyl (C=O) groups excluding carboxylic acids is 1. The molecule has 138 valence electrons. The molecule has 0 saturated heterocycles. The van der Waals surface area contributed by atoms with E-state index in [1.54, 1.807) is 0 Å². The van der Waals surface area contributed by atoms with Gasteiger partial charge in [-0.25, -0.2) is 0 Å². The summed E-state index contributed by atoms with van der Waals surface area (Å²) in [4.78, 5) is 12.2. The van der Waals surface area contributed by atoms with E-state index >= 15 is 0 Å². The van der Waals surface area contributed by atoms with Gasteiger partial charge in [0.2, 0.25) is 0 Å². The lowest BCUT2D eigenvalue weighted by Crippen LogP contribution is -2.25. The fourth-order valence-electron chi connectivity index (χ4n) is 3.30. The number of hydrogen-bond donors (Lipinski definition) is 0. The van der Waals surface area contributed by atoms with E-state index in [-0.39, 0.29) is 17.8 Å². The minimum Gasteiger partial charge on any atom is -0.460 e. The first-order chi connectivity index (χ1) is 12.3. The number of esters is 1. The maximum atomic E-state index is 12.2. The minimum atomic E-state index is -0.425. The van der Waals surface area contributed by atoms with Gasteiger partial charge in [0.15, 0.2) is 0 Å². The van der Waals surface area contributed by atoms with E-state index in [9.17, 15) is 4.79 Å². The van der Waals surface area contributed by atoms with Gasteiger partial charge >= 0.3 is 5.97 Å². The molecule has 2 aromatic rings. The molecule has 3 nitrogen and oxygen atoms in total. The molecule has 1 aliphatic rings. The zero-order chi connectivity index (χ0) is 18.7. The zero-order valence-corrected chi connectivity index (χ0v) is 16.1. The number of hydrogen-bond acceptors (Lipinski definition) is 3. The first kappa shape index (κ1) is 18.7. The average molecular weight is 352 g/mol. The molecule has 1 saturated carbocycles. The van der Waals surface area contributed by atoms with Crippen LogP contribution in [0.3, 0.4) is 0 Å². The molecule has 3 atom stereocenters. The largest absolute Gasteiger partial charge is 0.460 e. The van der Waals surface area contributed by atoms with Gasteiger partial charge in [0.05, 0.1) is 19.1 Å². The van der Waals surface area contributed by atoms with Gasteiger partial charge in [-0.2, -0.15) is 0 Å². The lowest BCUT2D eigenvalue weighted by molar-refractivity contribution is -0.157. The predicted molar refractivity (Wildman–Crippen MR) is 104 cm³/mol. The fourth-order valence-corrected chi connectivity index (χ4v) is 3.30. The average Bonchev–Trinajstić information content (AvgIpc) is 3.25. The summed E-state index contributed by atoms with van der Waals surface area (Å²) in [6, 6.07) is 18.8. The summed E-state index contributed by atoms with van der Waals surface area (Å²) < 4.78 is 11.3. The van der Waals surface area contributed by atoms with Crippen molar-refractivity contribution in [2.75, 3.05) is 6.61 Å². The maximum Gasteiger partial charge on any atom is 0.310 e. The van der Waals surface area contributed by atoms with E-state index in [1.165, 1.54) is 11.1 Å². The summed E-state index contributed by atoms with van der Waals surface area (Å²) in [5.74, 6) is 0.499. The van der Waals surface area contributed by atoms with Gasteiger partial charge in [0.25, 0.3) is 0 Å². The van der Waals surface area contributed by atoms with E-state index in [0.717, 1.165) is 5.56 Å². The normalized spacial score (nSPS) is 22.1. The molecular formula is C23H28O3. The lowest BCUT2D eigenvalue weighted by Gasteiger charge is -2.19. The highest BCUT2D eigenvalue weighted by atomic mass is 16.6. The maximum absolute atomic E-state index is 12.2. The van der Waals surface area contributed by atoms with Crippen LogP contribution in [0.1, 0.15) is 33.3 Å². The second-order valence-electron chi connectivity index (χ2n) is 8.16. The predicted octanol–water partition coefficient (Wildman–Crippen LogP) is 5.09. The molecule has 0 heterocycles. The van der Waals surface area contributed by atoms with Gasteiger partial charge in [0.1, 0.15) is 5.60 Å². The van der Waals surface area contributed by atoms with Gasteiger partial charge in [-0.3, -0.25) is 4.79 Å². The topological polar surface area (TPSA) is 35.5 Å². The van der Waals surface area contributed by atoms with Crippen molar-refractivity contribution in [2.45, 2.75) is 39.9 Å². The van der Waals surface area contributed by atoms with E-state index < -0.39 is 5.60 Å². The van der Waals surface area contributed by atoms with E-state index in [0.29, 0.717) is 19.1 Å². The third-order valence-corrected chi connectivity index (χ3v) is 4.88. The minimum absolute atomic E-state index is 0.0188. The molecule has 3 rings (SSSR count). The van der Waals surface area contributed by atoms with Crippen LogP contribution in [0.5, 0.6) is 0 Å². The Morgan fingerprint density at radius 1 is 0.962 bits per heavy atom. The first-order valence-corrected chi connectivity index (χ1v) is 9.30. The molecule has 3 heteroatoms. The molecule has 0 aromatic heterocycles. The number of carbonyl (C=O) groups is 1. The molecule has 1 fully saturated rings. The summed E-state index contributed by atoms with van der Waals surface area (Å²) in [6.07, 6.45) is 0. The Bertz CT molecular complexity index is 728. The Morgan fingerprint density at radius 2 is 1.58 bits per heavy atom. The van der Waals surface area contributed by atoms with Crippen molar-refractivity contribution in [3.63, 3.8) is 0 Å². The molecule has 0 spiro atoms. The van der Waals surface area contributed by atoms with E-state index in [4.69, 9.17) is 9.47 Å². The van der Waals surface area contributed by atoms with E-state index in [1.807, 2.05) is 39.0 Å². The van der Waals surface area contributed by atoms with Crippen LogP contribution in [0.2, 0.25) is 0 Å². The highest BCUT2D eigenvalue weighted by Gasteiger charge is 2.53. The molecule has 0 bridgehead atoms. The SMILES string of the molecule is CC1C(COCc2ccc(-c3ccccc3)cc2)C1C(=O)OC(C)(C)C. The Hall–Kier alpha value is -2.13. The molecule has 2 aromatic carbocycles. The lowest BCUT2D eigenvalue weighted by atomic mass is 10.0. The summed E-state index contributed by atoms with van der Waals surface area (Å²) in [5, 5.41) is 0. The molecule has 26 heavy (non-hydrogen) atoms. The Labute approximate surface area is 156 Å². The van der Waals surface area contributed by atoms with Crippen LogP contribution >= 0.6 is 0 Å². The zero-order valence-electron chi connectivity index (χ0n) is 16.1. The molecule has 0 N–H and O–H groups in total. The van der Waals surface area contributed by atoms with E-state index in [2.05, 4.69) is 43.3 Å². The number of rotatable bonds is 6. The van der Waals surface area contributed by atoms with Crippen LogP contribution in [0.25, 0.3) is 11.1 Å². The van der Waals surface area contributed by atoms with Crippen molar-refractivity contribution in [1.29, 1.82) is 0 Å². The smallest absolute Gasteiger partial charge is 0.310 e. The third-order valence-electron chi connectivity index (χ3n) is 4.88. The fraction of sp³-hybridized carbons (Fsp3) is 0.435. The van der Waals surface area contributed by atoms with Gasteiger partial charge in [-0.1, -0.05) is 61.5 Å². The molecule has 0 amide bonds. The molecule has 1 aliphatic carbocycles. The van der Waals surface area contributed by atoms with Crippen molar-refractivity contribution in [3.8, 4) is 11.1 Å². The van der Waals surface area contributed by atoms with Gasteiger partial charge in [-0.05, 0) is 49.3 Å². The van der Waals surface area contributed by atoms with Crippen LogP contribution in [0.4, 0.5) is 0 Å². The van der Waals surface area contributed by atoms with Crippen LogP contribution in [0.15, 0.2) is 54.6 Å². The monoisotopic (exact) mass is 352 g/mol. The second-order valence-corrected chi connectivity index (χ2v) is 8.16. The van der Waals surface area contributed by atoms with Gasteiger partial charge in [0, 0.05) is 0 Å². The summed E-state index contributed by atoms with van der Waals surface area (Å²) in [6.45, 7) is 8.98. The summed E-state index contributed by atoms with van der Waals surface area (Å²) >= 11 is 0. The Balaban J connectivity index is 1.46. The van der Waals surface area contributed by atoms with Gasteiger partial charge < -0.3 is 9.47 Å². The number of ether oxygens (including phenoxy) is 2. The van der Waals surface area contributed by atoms with Gasteiger partial charge in [-0.15, -0.1) is 0 Å². The molecular weight excluding hydrogens is 324 g/mol. The van der Waals surface area contributed by atoms with Crippen molar-refractivity contribution in [1.82, 2.24) is 0 Å². The quantitative estimate of drug-likeness (QED) is 0.679. The van der Waals surface area contributed by atoms with Crippen LogP contribution < -0.4 is 0 Å². The first-order valence-electron chi connectivity index (χ1n) is 9.30. The Morgan fingerprint density at radius 3 is 2.19 bits per heavy atom. The molecule has 0 aliphatic heterocycles. The second kappa shape index (κ2) is 7.63. The van der Waals surface area contributed by atoms with Crippen molar-refractivity contribution < 1.29 is 14.3 Å². The van der Waals surface area contributed by atoms with Crippen LogP contribution in [-0.4, -0.2) is 18.2 Å². The van der Waals surface area contributed by atoms with Crippen molar-refractivity contribution >= 4 is 5.97 Å².